The number of hydrogen-bond donors (Lipinski definition) is 1. The van der Waals surface area contributed by atoms with Gasteiger partial charge in [-0.15, -0.1) is 0 Å². The molecule has 1 aliphatic rings. The van der Waals surface area contributed by atoms with Gasteiger partial charge in [-0.3, -0.25) is 0 Å². The van der Waals surface area contributed by atoms with Crippen LogP contribution < -0.4 is 5.32 Å². The van der Waals surface area contributed by atoms with E-state index in [-0.39, 0.29) is 0 Å². The van der Waals surface area contributed by atoms with Gasteiger partial charge in [0.1, 0.15) is 0 Å². The van der Waals surface area contributed by atoms with E-state index in [1.54, 1.807) is 0 Å². The molecule has 0 bridgehead atoms. The van der Waals surface area contributed by atoms with Crippen molar-refractivity contribution in [3.63, 3.8) is 0 Å². The van der Waals surface area contributed by atoms with Gasteiger partial charge in [-0.1, -0.05) is 33.1 Å². The molecule has 0 aliphatic heterocycles. The summed E-state index contributed by atoms with van der Waals surface area (Å²) in [5.41, 5.74) is 0.473. The molecule has 0 heterocycles. The van der Waals surface area contributed by atoms with Crippen LogP contribution in [0.15, 0.2) is 0 Å². The van der Waals surface area contributed by atoms with Crippen LogP contribution in [0.5, 0.6) is 0 Å². The summed E-state index contributed by atoms with van der Waals surface area (Å²) in [6, 6.07) is 0.845. The Bertz CT molecular complexity index is 193. The molecule has 1 fully saturated rings. The highest BCUT2D eigenvalue weighted by Crippen LogP contribution is 2.30. The molecule has 1 aliphatic carbocycles. The third kappa shape index (κ3) is 4.26. The lowest BCUT2D eigenvalue weighted by Crippen LogP contribution is -2.45. The van der Waals surface area contributed by atoms with Gasteiger partial charge in [0.05, 0.1) is 0 Å². The Morgan fingerprint density at radius 1 is 1.12 bits per heavy atom. The Morgan fingerprint density at radius 3 is 2.18 bits per heavy atom. The van der Waals surface area contributed by atoms with Gasteiger partial charge in [0.2, 0.25) is 0 Å². The van der Waals surface area contributed by atoms with Crippen LogP contribution in [0, 0.1) is 5.41 Å². The van der Waals surface area contributed by atoms with E-state index in [0.717, 1.165) is 12.6 Å². The molecule has 102 valence electrons. The van der Waals surface area contributed by atoms with Crippen molar-refractivity contribution in [2.75, 3.05) is 27.2 Å². The normalized spacial score (nSPS) is 18.9. The molecule has 0 saturated heterocycles. The predicted molar refractivity (Wildman–Crippen MR) is 76.4 cm³/mol. The molecule has 0 aromatic heterocycles. The number of nitrogens with zero attached hydrogens (tertiary/aromatic N) is 1. The van der Waals surface area contributed by atoms with E-state index in [2.05, 4.69) is 38.2 Å². The van der Waals surface area contributed by atoms with Crippen molar-refractivity contribution in [1.29, 1.82) is 0 Å². The molecule has 2 heteroatoms. The summed E-state index contributed by atoms with van der Waals surface area (Å²) in [7, 11) is 4.42. The second-order valence-corrected chi connectivity index (χ2v) is 5.94. The molecule has 17 heavy (non-hydrogen) atoms. The molecule has 2 nitrogen and oxygen atoms in total. The lowest BCUT2D eigenvalue weighted by Gasteiger charge is -2.40. The lowest BCUT2D eigenvalue weighted by atomic mass is 9.81. The van der Waals surface area contributed by atoms with E-state index in [0.29, 0.717) is 5.41 Å². The summed E-state index contributed by atoms with van der Waals surface area (Å²) in [6.45, 7) is 7.09. The predicted octanol–water partition coefficient (Wildman–Crippen LogP) is 3.28. The summed E-state index contributed by atoms with van der Waals surface area (Å²) in [5.74, 6) is 0. The molecule has 0 spiro atoms. The quantitative estimate of drug-likeness (QED) is 0.735. The summed E-state index contributed by atoms with van der Waals surface area (Å²) >= 11 is 0. The standard InChI is InChI=1S/C15H32N2/c1-5-15(6-2,12-16-3)13-17(4)14-10-8-7-9-11-14/h14,16H,5-13H2,1-4H3. The van der Waals surface area contributed by atoms with Gasteiger partial charge >= 0.3 is 0 Å². The van der Waals surface area contributed by atoms with Crippen LogP contribution in [0.3, 0.4) is 0 Å². The van der Waals surface area contributed by atoms with Crippen LogP contribution in [0.25, 0.3) is 0 Å². The first-order valence-electron chi connectivity index (χ1n) is 7.52. The van der Waals surface area contributed by atoms with Crippen molar-refractivity contribution in [2.24, 2.45) is 5.41 Å². The second-order valence-electron chi connectivity index (χ2n) is 5.94. The zero-order valence-corrected chi connectivity index (χ0v) is 12.4. The molecular formula is C15H32N2. The second kappa shape index (κ2) is 7.38. The number of hydrogen-bond acceptors (Lipinski definition) is 2. The molecular weight excluding hydrogens is 208 g/mol. The maximum Gasteiger partial charge on any atom is 0.00924 e. The zero-order chi connectivity index (χ0) is 12.7. The van der Waals surface area contributed by atoms with Crippen molar-refractivity contribution in [3.8, 4) is 0 Å². The van der Waals surface area contributed by atoms with E-state index in [1.807, 2.05) is 0 Å². The van der Waals surface area contributed by atoms with Gasteiger partial charge < -0.3 is 10.2 Å². The van der Waals surface area contributed by atoms with Gasteiger partial charge in [-0.05, 0) is 45.2 Å². The van der Waals surface area contributed by atoms with Gasteiger partial charge in [-0.25, -0.2) is 0 Å². The molecule has 0 aromatic rings. The fraction of sp³-hybridized carbons (Fsp3) is 1.00. The molecule has 0 atom stereocenters. The average Bonchev–Trinajstić information content (AvgIpc) is 2.39. The van der Waals surface area contributed by atoms with Crippen LogP contribution in [-0.2, 0) is 0 Å². The van der Waals surface area contributed by atoms with Crippen LogP contribution >= 0.6 is 0 Å². The van der Waals surface area contributed by atoms with Gasteiger partial charge in [-0.2, -0.15) is 0 Å². The summed E-state index contributed by atoms with van der Waals surface area (Å²) in [6.07, 6.45) is 9.72. The number of nitrogens with one attached hydrogen (secondary N) is 1. The fourth-order valence-electron chi connectivity index (χ4n) is 3.33. The highest BCUT2D eigenvalue weighted by molar-refractivity contribution is 4.84. The summed E-state index contributed by atoms with van der Waals surface area (Å²) in [4.78, 5) is 2.64. The third-order valence-corrected chi connectivity index (χ3v) is 4.83. The maximum absolute atomic E-state index is 3.39. The first kappa shape index (κ1) is 15.0. The Kier molecular flexibility index (Phi) is 6.50. The average molecular weight is 240 g/mol. The fourth-order valence-corrected chi connectivity index (χ4v) is 3.33. The van der Waals surface area contributed by atoms with Crippen LogP contribution in [0.2, 0.25) is 0 Å². The Balaban J connectivity index is 2.52. The van der Waals surface area contributed by atoms with Crippen LogP contribution in [0.1, 0.15) is 58.8 Å². The monoisotopic (exact) mass is 240 g/mol. The van der Waals surface area contributed by atoms with Gasteiger partial charge in [0.25, 0.3) is 0 Å². The first-order valence-corrected chi connectivity index (χ1v) is 7.52. The molecule has 1 rings (SSSR count). The van der Waals surface area contributed by atoms with Crippen molar-refractivity contribution >= 4 is 0 Å². The van der Waals surface area contributed by atoms with Gasteiger partial charge in [0, 0.05) is 19.1 Å². The Labute approximate surface area is 108 Å². The minimum atomic E-state index is 0.473. The first-order chi connectivity index (χ1) is 8.17. The maximum atomic E-state index is 3.39. The summed E-state index contributed by atoms with van der Waals surface area (Å²) in [5, 5.41) is 3.39. The van der Waals surface area contributed by atoms with Crippen LogP contribution in [-0.4, -0.2) is 38.1 Å². The zero-order valence-electron chi connectivity index (χ0n) is 12.4. The highest BCUT2D eigenvalue weighted by atomic mass is 15.1. The minimum Gasteiger partial charge on any atom is -0.319 e. The molecule has 0 radical (unpaired) electrons. The van der Waals surface area contributed by atoms with Crippen LogP contribution in [0.4, 0.5) is 0 Å². The molecule has 1 saturated carbocycles. The van der Waals surface area contributed by atoms with Crippen molar-refractivity contribution in [2.45, 2.75) is 64.8 Å². The van der Waals surface area contributed by atoms with Crippen molar-refractivity contribution in [1.82, 2.24) is 10.2 Å². The van der Waals surface area contributed by atoms with E-state index in [9.17, 15) is 0 Å². The van der Waals surface area contributed by atoms with E-state index >= 15 is 0 Å². The topological polar surface area (TPSA) is 15.3 Å². The van der Waals surface area contributed by atoms with E-state index in [4.69, 9.17) is 0 Å². The SMILES string of the molecule is CCC(CC)(CNC)CN(C)C1CCCCC1. The minimum absolute atomic E-state index is 0.473. The van der Waals surface area contributed by atoms with E-state index in [1.165, 1.54) is 51.5 Å². The van der Waals surface area contributed by atoms with Gasteiger partial charge in [0.15, 0.2) is 0 Å². The molecule has 0 aromatic carbocycles. The smallest absolute Gasteiger partial charge is 0.00924 e. The summed E-state index contributed by atoms with van der Waals surface area (Å²) < 4.78 is 0. The largest absolute Gasteiger partial charge is 0.319 e. The Morgan fingerprint density at radius 2 is 1.71 bits per heavy atom. The molecule has 0 unspecified atom stereocenters. The lowest BCUT2D eigenvalue weighted by molar-refractivity contribution is 0.105. The number of rotatable bonds is 7. The highest BCUT2D eigenvalue weighted by Gasteiger charge is 2.29. The van der Waals surface area contributed by atoms with E-state index < -0.39 is 0 Å². The molecule has 1 N–H and O–H groups in total. The Hall–Kier alpha value is -0.0800. The molecule has 0 amide bonds. The van der Waals surface area contributed by atoms with Crippen molar-refractivity contribution in [3.05, 3.63) is 0 Å². The van der Waals surface area contributed by atoms with Crippen molar-refractivity contribution < 1.29 is 0 Å². The third-order valence-electron chi connectivity index (χ3n) is 4.83.